The molecule has 0 spiro atoms. The van der Waals surface area contributed by atoms with E-state index in [9.17, 15) is 28.1 Å². The number of carbonyl (C=O) groups excluding carboxylic acids is 1. The molecule has 1 amide bonds. The number of rotatable bonds is 5. The van der Waals surface area contributed by atoms with E-state index in [1.165, 1.54) is 6.92 Å². The Kier molecular flexibility index (Phi) is 5.25. The summed E-state index contributed by atoms with van der Waals surface area (Å²) in [5, 5.41) is 12.8. The van der Waals surface area contributed by atoms with E-state index in [4.69, 9.17) is 4.74 Å². The van der Waals surface area contributed by atoms with Crippen LogP contribution < -0.4 is 5.32 Å². The van der Waals surface area contributed by atoms with Crippen LogP contribution in [0.4, 0.5) is 24.5 Å². The molecule has 0 aliphatic rings. The number of nitro groups is 1. The summed E-state index contributed by atoms with van der Waals surface area (Å²) >= 11 is 0. The van der Waals surface area contributed by atoms with Gasteiger partial charge in [0.15, 0.2) is 0 Å². The predicted octanol–water partition coefficient (Wildman–Crippen LogP) is 2.98. The Balaban J connectivity index is 3.06. The largest absolute Gasteiger partial charge is 0.423 e. The summed E-state index contributed by atoms with van der Waals surface area (Å²) < 4.78 is 43.3. The highest BCUT2D eigenvalue weighted by Gasteiger charge is 2.38. The Morgan fingerprint density at radius 2 is 2.10 bits per heavy atom. The molecule has 116 valence electrons. The molecule has 1 aromatic rings. The number of anilines is 1. The van der Waals surface area contributed by atoms with Crippen molar-refractivity contribution in [1.29, 1.82) is 0 Å². The van der Waals surface area contributed by atoms with Crippen LogP contribution in [0.25, 0.3) is 0 Å². The van der Waals surface area contributed by atoms with Gasteiger partial charge in [-0.1, -0.05) is 0 Å². The van der Waals surface area contributed by atoms with E-state index in [2.05, 4.69) is 5.32 Å². The summed E-state index contributed by atoms with van der Waals surface area (Å²) in [6, 6.07) is 2.25. The molecule has 9 heteroatoms. The smallest absolute Gasteiger partial charge is 0.369 e. The molecular weight excluding hydrogens is 293 g/mol. The lowest BCUT2D eigenvalue weighted by Gasteiger charge is -2.13. The van der Waals surface area contributed by atoms with Crippen molar-refractivity contribution in [3.63, 3.8) is 0 Å². The molecule has 0 heterocycles. The lowest BCUT2D eigenvalue weighted by Crippen LogP contribution is -2.27. The van der Waals surface area contributed by atoms with E-state index < -0.39 is 34.4 Å². The Labute approximate surface area is 118 Å². The second-order valence-electron chi connectivity index (χ2n) is 4.07. The van der Waals surface area contributed by atoms with Gasteiger partial charge in [-0.3, -0.25) is 14.9 Å². The quantitative estimate of drug-likeness (QED) is 0.669. The first-order valence-corrected chi connectivity index (χ1v) is 5.95. The van der Waals surface area contributed by atoms with Crippen molar-refractivity contribution in [3.8, 4) is 0 Å². The predicted molar refractivity (Wildman–Crippen MR) is 67.8 cm³/mol. The number of hydrogen-bond donors (Lipinski definition) is 1. The normalized spacial score (nSPS) is 12.8. The zero-order chi connectivity index (χ0) is 16.2. The van der Waals surface area contributed by atoms with Gasteiger partial charge < -0.3 is 10.1 Å². The van der Waals surface area contributed by atoms with Crippen LogP contribution in [0.2, 0.25) is 0 Å². The van der Waals surface area contributed by atoms with Crippen LogP contribution >= 0.6 is 0 Å². The van der Waals surface area contributed by atoms with E-state index in [1.807, 2.05) is 0 Å². The van der Waals surface area contributed by atoms with Crippen molar-refractivity contribution < 1.29 is 27.6 Å². The Morgan fingerprint density at radius 3 is 2.57 bits per heavy atom. The van der Waals surface area contributed by atoms with Gasteiger partial charge in [0, 0.05) is 18.4 Å². The fourth-order valence-corrected chi connectivity index (χ4v) is 1.57. The number of nitrogens with zero attached hydrogens (tertiary/aromatic N) is 1. The maximum atomic E-state index is 12.8. The molecule has 6 nitrogen and oxygen atoms in total. The van der Waals surface area contributed by atoms with Crippen molar-refractivity contribution in [2.45, 2.75) is 26.1 Å². The maximum Gasteiger partial charge on any atom is 0.423 e. The lowest BCUT2D eigenvalue weighted by atomic mass is 10.1. The number of amides is 1. The molecule has 0 aliphatic carbocycles. The number of ether oxygens (including phenoxy) is 1. The molecule has 0 aliphatic heterocycles. The third-order valence-electron chi connectivity index (χ3n) is 2.55. The van der Waals surface area contributed by atoms with Crippen LogP contribution in [0.1, 0.15) is 19.4 Å². The van der Waals surface area contributed by atoms with Gasteiger partial charge in [0.2, 0.25) is 0 Å². The highest BCUT2D eigenvalue weighted by Crippen LogP contribution is 2.37. The lowest BCUT2D eigenvalue weighted by molar-refractivity contribution is -0.388. The minimum atomic E-state index is -4.89. The summed E-state index contributed by atoms with van der Waals surface area (Å²) in [7, 11) is 0. The van der Waals surface area contributed by atoms with Crippen LogP contribution in [0, 0.1) is 10.1 Å². The SMILES string of the molecule is CCO[C@@H](C)C(=O)Nc1ccc([N+](=O)[O-])c(C(F)(F)F)c1. The molecular formula is C12H13F3N2O4. The highest BCUT2D eigenvalue weighted by atomic mass is 19.4. The van der Waals surface area contributed by atoms with Crippen LogP contribution in [0.5, 0.6) is 0 Å². The molecule has 0 saturated heterocycles. The number of nitrogens with one attached hydrogen (secondary N) is 1. The number of carbonyl (C=O) groups is 1. The molecule has 1 N–H and O–H groups in total. The highest BCUT2D eigenvalue weighted by molar-refractivity contribution is 5.94. The average molecular weight is 306 g/mol. The Hall–Kier alpha value is -2.16. The number of nitro benzene ring substituents is 1. The van der Waals surface area contributed by atoms with Crippen LogP contribution in [0.3, 0.4) is 0 Å². The van der Waals surface area contributed by atoms with Gasteiger partial charge in [0.05, 0.1) is 4.92 Å². The summed E-state index contributed by atoms with van der Waals surface area (Å²) in [5.41, 5.74) is -2.68. The second kappa shape index (κ2) is 6.53. The van der Waals surface area contributed by atoms with Gasteiger partial charge in [-0.15, -0.1) is 0 Å². The minimum absolute atomic E-state index is 0.190. The van der Waals surface area contributed by atoms with Crippen molar-refractivity contribution in [2.75, 3.05) is 11.9 Å². The minimum Gasteiger partial charge on any atom is -0.369 e. The summed E-state index contributed by atoms with van der Waals surface area (Å²) in [4.78, 5) is 21.1. The van der Waals surface area contributed by atoms with Gasteiger partial charge >= 0.3 is 6.18 Å². The molecule has 0 aromatic heterocycles. The van der Waals surface area contributed by atoms with Gasteiger partial charge in [0.1, 0.15) is 11.7 Å². The Morgan fingerprint density at radius 1 is 1.48 bits per heavy atom. The van der Waals surface area contributed by atoms with E-state index >= 15 is 0 Å². The molecule has 0 radical (unpaired) electrons. The average Bonchev–Trinajstić information content (AvgIpc) is 2.37. The van der Waals surface area contributed by atoms with Crippen molar-refractivity contribution in [1.82, 2.24) is 0 Å². The fourth-order valence-electron chi connectivity index (χ4n) is 1.57. The van der Waals surface area contributed by atoms with Gasteiger partial charge in [-0.05, 0) is 26.0 Å². The van der Waals surface area contributed by atoms with Gasteiger partial charge in [-0.25, -0.2) is 0 Å². The van der Waals surface area contributed by atoms with Crippen LogP contribution in [0.15, 0.2) is 18.2 Å². The molecule has 0 saturated carbocycles. The van der Waals surface area contributed by atoms with Crippen LogP contribution in [-0.2, 0) is 15.7 Å². The monoisotopic (exact) mass is 306 g/mol. The number of benzene rings is 1. The third-order valence-corrected chi connectivity index (χ3v) is 2.55. The van der Waals surface area contributed by atoms with Crippen molar-refractivity contribution in [3.05, 3.63) is 33.9 Å². The summed E-state index contributed by atoms with van der Waals surface area (Å²) in [6.45, 7) is 3.37. The van der Waals surface area contributed by atoms with Gasteiger partial charge in [-0.2, -0.15) is 13.2 Å². The van der Waals surface area contributed by atoms with Crippen molar-refractivity contribution >= 4 is 17.3 Å². The van der Waals surface area contributed by atoms with E-state index in [0.717, 1.165) is 6.07 Å². The molecule has 1 atom stereocenters. The topological polar surface area (TPSA) is 81.5 Å². The zero-order valence-corrected chi connectivity index (χ0v) is 11.2. The molecule has 0 bridgehead atoms. The zero-order valence-electron chi connectivity index (χ0n) is 11.2. The molecule has 1 rings (SSSR count). The van der Waals surface area contributed by atoms with E-state index in [0.29, 0.717) is 12.1 Å². The van der Waals surface area contributed by atoms with E-state index in [-0.39, 0.29) is 12.3 Å². The maximum absolute atomic E-state index is 12.8. The molecule has 0 unspecified atom stereocenters. The fraction of sp³-hybridized carbons (Fsp3) is 0.417. The third kappa shape index (κ3) is 4.42. The first kappa shape index (κ1) is 16.9. The molecule has 1 aromatic carbocycles. The summed E-state index contributed by atoms with van der Waals surface area (Å²) in [5.74, 6) is -0.640. The standard InChI is InChI=1S/C12H13F3N2O4/c1-3-21-7(2)11(18)16-8-4-5-10(17(19)20)9(6-8)12(13,14)15/h4-7H,3H2,1-2H3,(H,16,18)/t7-/m0/s1. The first-order valence-electron chi connectivity index (χ1n) is 5.95. The second-order valence-corrected chi connectivity index (χ2v) is 4.07. The van der Waals surface area contributed by atoms with Crippen molar-refractivity contribution in [2.24, 2.45) is 0 Å². The van der Waals surface area contributed by atoms with E-state index in [1.54, 1.807) is 6.92 Å². The summed E-state index contributed by atoms with van der Waals surface area (Å²) in [6.07, 6.45) is -5.74. The number of halogens is 3. The Bertz CT molecular complexity index is 546. The number of alkyl halides is 3. The molecule has 21 heavy (non-hydrogen) atoms. The van der Waals surface area contributed by atoms with Crippen LogP contribution in [-0.4, -0.2) is 23.5 Å². The first-order chi connectivity index (χ1) is 9.66. The molecule has 0 fully saturated rings. The number of hydrogen-bond acceptors (Lipinski definition) is 4. The van der Waals surface area contributed by atoms with Gasteiger partial charge in [0.25, 0.3) is 11.6 Å².